The Labute approximate surface area is 181 Å². The number of aryl methyl sites for hydroxylation is 1. The molecule has 1 aliphatic heterocycles. The summed E-state index contributed by atoms with van der Waals surface area (Å²) in [5, 5.41) is 0. The molecule has 1 saturated heterocycles. The molecule has 0 radical (unpaired) electrons. The molecule has 6 heteroatoms. The monoisotopic (exact) mass is 416 g/mol. The molecule has 0 N–H and O–H groups in total. The van der Waals surface area contributed by atoms with E-state index in [2.05, 4.69) is 0 Å². The highest BCUT2D eigenvalue weighted by Crippen LogP contribution is 2.23. The van der Waals surface area contributed by atoms with Gasteiger partial charge in [0.2, 0.25) is 5.78 Å². The summed E-state index contributed by atoms with van der Waals surface area (Å²) in [5.41, 5.74) is 1.81. The summed E-state index contributed by atoms with van der Waals surface area (Å²) >= 11 is 0. The van der Waals surface area contributed by atoms with Gasteiger partial charge in [0.1, 0.15) is 11.5 Å². The smallest absolute Gasteiger partial charge is 0.295 e. The summed E-state index contributed by atoms with van der Waals surface area (Å²) in [6, 6.07) is 19.4. The van der Waals surface area contributed by atoms with Crippen LogP contribution in [0.1, 0.15) is 33.4 Å². The Morgan fingerprint density at radius 3 is 2.19 bits per heavy atom. The Morgan fingerprint density at radius 1 is 0.871 bits per heavy atom. The van der Waals surface area contributed by atoms with Gasteiger partial charge in [-0.25, -0.2) is 0 Å². The van der Waals surface area contributed by atoms with Crippen LogP contribution in [0.2, 0.25) is 0 Å². The number of benzene rings is 2. The Morgan fingerprint density at radius 2 is 1.58 bits per heavy atom. The van der Waals surface area contributed by atoms with Crippen molar-refractivity contribution in [1.82, 2.24) is 9.80 Å². The van der Waals surface area contributed by atoms with E-state index in [0.29, 0.717) is 30.8 Å². The minimum Gasteiger partial charge on any atom is -0.461 e. The third-order valence-electron chi connectivity index (χ3n) is 5.56. The zero-order valence-corrected chi connectivity index (χ0v) is 17.6. The molecule has 158 valence electrons. The van der Waals surface area contributed by atoms with Gasteiger partial charge in [0, 0.05) is 42.4 Å². The first-order valence-electron chi connectivity index (χ1n) is 10.3. The molecule has 2 heterocycles. The van der Waals surface area contributed by atoms with E-state index >= 15 is 0 Å². The normalized spacial score (nSPS) is 16.3. The number of carbonyl (C=O) groups is 3. The van der Waals surface area contributed by atoms with Gasteiger partial charge in [-0.3, -0.25) is 14.4 Å². The van der Waals surface area contributed by atoms with Crippen LogP contribution in [0.15, 0.2) is 71.1 Å². The van der Waals surface area contributed by atoms with Gasteiger partial charge in [-0.15, -0.1) is 0 Å². The van der Waals surface area contributed by atoms with E-state index in [4.69, 9.17) is 4.42 Å². The lowest BCUT2D eigenvalue weighted by Gasteiger charge is -2.39. The lowest BCUT2D eigenvalue weighted by Crippen LogP contribution is -2.56. The number of piperazine rings is 1. The maximum Gasteiger partial charge on any atom is 0.295 e. The first-order chi connectivity index (χ1) is 14.9. The third kappa shape index (κ3) is 4.28. The van der Waals surface area contributed by atoms with Crippen molar-refractivity contribution in [2.24, 2.45) is 0 Å². The molecular formula is C25H24N2O4. The fourth-order valence-corrected chi connectivity index (χ4v) is 3.84. The number of amides is 2. The van der Waals surface area contributed by atoms with Gasteiger partial charge in [-0.1, -0.05) is 42.5 Å². The molecule has 4 rings (SSSR count). The van der Waals surface area contributed by atoms with E-state index < -0.39 is 11.7 Å². The van der Waals surface area contributed by atoms with Crippen LogP contribution in [-0.4, -0.2) is 53.1 Å². The molecule has 3 aromatic rings. The molecule has 0 bridgehead atoms. The highest BCUT2D eigenvalue weighted by molar-refractivity contribution is 6.42. The number of hydrogen-bond acceptors (Lipinski definition) is 4. The highest BCUT2D eigenvalue weighted by atomic mass is 16.3. The van der Waals surface area contributed by atoms with Gasteiger partial charge in [-0.05, 0) is 38.1 Å². The molecular weight excluding hydrogens is 392 g/mol. The van der Waals surface area contributed by atoms with Crippen molar-refractivity contribution in [3.8, 4) is 11.3 Å². The van der Waals surface area contributed by atoms with Crippen LogP contribution in [0.3, 0.4) is 0 Å². The third-order valence-corrected chi connectivity index (χ3v) is 5.56. The van der Waals surface area contributed by atoms with Crippen LogP contribution in [0.5, 0.6) is 0 Å². The largest absolute Gasteiger partial charge is 0.461 e. The van der Waals surface area contributed by atoms with Crippen molar-refractivity contribution in [2.75, 3.05) is 19.6 Å². The number of Topliss-reactive ketones (excluding diaryl/α,β-unsaturated/α-hetero) is 1. The van der Waals surface area contributed by atoms with Gasteiger partial charge < -0.3 is 14.2 Å². The molecule has 2 aromatic carbocycles. The molecule has 1 unspecified atom stereocenters. The Kier molecular flexibility index (Phi) is 5.71. The van der Waals surface area contributed by atoms with Crippen LogP contribution < -0.4 is 0 Å². The molecule has 1 aliphatic rings. The number of ketones is 1. The van der Waals surface area contributed by atoms with Gasteiger partial charge in [-0.2, -0.15) is 0 Å². The van der Waals surface area contributed by atoms with Crippen LogP contribution in [0.25, 0.3) is 11.3 Å². The second-order valence-electron chi connectivity index (χ2n) is 7.78. The molecule has 0 saturated carbocycles. The van der Waals surface area contributed by atoms with E-state index in [-0.39, 0.29) is 11.9 Å². The van der Waals surface area contributed by atoms with E-state index in [9.17, 15) is 14.4 Å². The SMILES string of the molecule is Cc1ccc(-c2ccc(C(=O)C(=O)N3CCN(C(=O)c4ccccc4)CC3C)cc2)o1. The number of hydrogen-bond donors (Lipinski definition) is 0. The molecule has 0 spiro atoms. The van der Waals surface area contributed by atoms with E-state index in [0.717, 1.165) is 17.1 Å². The van der Waals surface area contributed by atoms with Crippen LogP contribution in [0, 0.1) is 6.92 Å². The van der Waals surface area contributed by atoms with E-state index in [1.807, 2.05) is 44.2 Å². The fraction of sp³-hybridized carbons (Fsp3) is 0.240. The van der Waals surface area contributed by atoms with E-state index in [1.54, 1.807) is 46.2 Å². The van der Waals surface area contributed by atoms with Crippen molar-refractivity contribution in [2.45, 2.75) is 19.9 Å². The molecule has 2 amide bonds. The van der Waals surface area contributed by atoms with Crippen molar-refractivity contribution in [1.29, 1.82) is 0 Å². The molecule has 31 heavy (non-hydrogen) atoms. The summed E-state index contributed by atoms with van der Waals surface area (Å²) in [6.45, 7) is 4.85. The fourth-order valence-electron chi connectivity index (χ4n) is 3.84. The molecule has 1 fully saturated rings. The molecule has 6 nitrogen and oxygen atoms in total. The summed E-state index contributed by atoms with van der Waals surface area (Å²) in [6.07, 6.45) is 0. The lowest BCUT2D eigenvalue weighted by molar-refractivity contribution is -0.130. The van der Waals surface area contributed by atoms with Crippen molar-refractivity contribution >= 4 is 17.6 Å². The topological polar surface area (TPSA) is 70.8 Å². The minimum atomic E-state index is -0.545. The Balaban J connectivity index is 1.41. The lowest BCUT2D eigenvalue weighted by atomic mass is 10.0. The van der Waals surface area contributed by atoms with Crippen LogP contribution in [-0.2, 0) is 4.79 Å². The predicted octanol–water partition coefficient (Wildman–Crippen LogP) is 3.81. The molecule has 1 aromatic heterocycles. The summed E-state index contributed by atoms with van der Waals surface area (Å²) in [5.74, 6) is 0.382. The Hall–Kier alpha value is -3.67. The predicted molar refractivity (Wildman–Crippen MR) is 117 cm³/mol. The first kappa shape index (κ1) is 20.6. The average molecular weight is 416 g/mol. The van der Waals surface area contributed by atoms with Crippen LogP contribution in [0.4, 0.5) is 0 Å². The van der Waals surface area contributed by atoms with E-state index in [1.165, 1.54) is 0 Å². The van der Waals surface area contributed by atoms with Gasteiger partial charge >= 0.3 is 0 Å². The summed E-state index contributed by atoms with van der Waals surface area (Å²) in [4.78, 5) is 41.6. The second-order valence-corrected chi connectivity index (χ2v) is 7.78. The summed E-state index contributed by atoms with van der Waals surface area (Å²) in [7, 11) is 0. The zero-order chi connectivity index (χ0) is 22.0. The van der Waals surface area contributed by atoms with Crippen molar-refractivity contribution in [3.05, 3.63) is 83.6 Å². The van der Waals surface area contributed by atoms with Gasteiger partial charge in [0.25, 0.3) is 11.8 Å². The quantitative estimate of drug-likeness (QED) is 0.479. The zero-order valence-electron chi connectivity index (χ0n) is 17.6. The average Bonchev–Trinajstić information content (AvgIpc) is 3.24. The highest BCUT2D eigenvalue weighted by Gasteiger charge is 2.33. The number of furan rings is 1. The number of nitrogens with zero attached hydrogens (tertiary/aromatic N) is 2. The van der Waals surface area contributed by atoms with Crippen molar-refractivity contribution in [3.63, 3.8) is 0 Å². The minimum absolute atomic E-state index is 0.0605. The first-order valence-corrected chi connectivity index (χ1v) is 10.3. The van der Waals surface area contributed by atoms with Crippen molar-refractivity contribution < 1.29 is 18.8 Å². The Bertz CT molecular complexity index is 1100. The standard InChI is InChI=1S/C25H24N2O4/c1-17-16-26(24(29)21-6-4-3-5-7-21)14-15-27(17)25(30)23(28)20-11-9-19(10-12-20)22-13-8-18(2)31-22/h3-13,17H,14-16H2,1-2H3. The van der Waals surface area contributed by atoms with Gasteiger partial charge in [0.15, 0.2) is 0 Å². The second kappa shape index (κ2) is 8.60. The maximum absolute atomic E-state index is 12.9. The number of rotatable bonds is 4. The summed E-state index contributed by atoms with van der Waals surface area (Å²) < 4.78 is 5.60. The van der Waals surface area contributed by atoms with Crippen LogP contribution >= 0.6 is 0 Å². The molecule has 0 aliphatic carbocycles. The maximum atomic E-state index is 12.9. The molecule has 1 atom stereocenters. The number of carbonyl (C=O) groups excluding carboxylic acids is 3. The van der Waals surface area contributed by atoms with Gasteiger partial charge in [0.05, 0.1) is 0 Å².